The summed E-state index contributed by atoms with van der Waals surface area (Å²) in [6.45, 7) is 3.84. The summed E-state index contributed by atoms with van der Waals surface area (Å²) in [7, 11) is 1.45. The fraction of sp³-hybridized carbons (Fsp3) is 0.344. The Morgan fingerprint density at radius 2 is 2.05 bits per heavy atom. The number of aldehydes is 1. The zero-order chi connectivity index (χ0) is 30.9. The van der Waals surface area contributed by atoms with E-state index in [1.165, 1.54) is 13.2 Å². The van der Waals surface area contributed by atoms with Gasteiger partial charge in [0, 0.05) is 54.7 Å². The van der Waals surface area contributed by atoms with E-state index in [9.17, 15) is 24.6 Å². The zero-order valence-corrected chi connectivity index (χ0v) is 26.1. The maximum Gasteiger partial charge on any atom is 0.247 e. The second kappa shape index (κ2) is 15.2. The number of methoxy groups -OCH3 is 1. The molecule has 228 valence electrons. The van der Waals surface area contributed by atoms with Crippen LogP contribution in [0.25, 0.3) is 10.9 Å². The van der Waals surface area contributed by atoms with Crippen molar-refractivity contribution in [1.29, 1.82) is 0 Å². The molecule has 3 aromatic rings. The minimum absolute atomic E-state index is 0.0517. The number of fused-ring (bicyclic) bond motifs is 1. The predicted molar refractivity (Wildman–Crippen MR) is 171 cm³/mol. The van der Waals surface area contributed by atoms with E-state index >= 15 is 0 Å². The molecule has 0 spiro atoms. The van der Waals surface area contributed by atoms with Gasteiger partial charge in [-0.1, -0.05) is 24.3 Å². The lowest BCUT2D eigenvalue weighted by atomic mass is 9.87. The minimum Gasteiger partial charge on any atom is -0.493 e. The van der Waals surface area contributed by atoms with Crippen molar-refractivity contribution in [2.24, 2.45) is 0 Å². The minimum atomic E-state index is -1.20. The highest BCUT2D eigenvalue weighted by atomic mass is 127. The quantitative estimate of drug-likeness (QED) is 0.115. The molecule has 0 bridgehead atoms. The average molecular weight is 702 g/mol. The molecule has 0 fully saturated rings. The summed E-state index contributed by atoms with van der Waals surface area (Å²) in [6, 6.07) is 12.3. The zero-order valence-electron chi connectivity index (χ0n) is 23.9. The number of aliphatic hydroxyl groups excluding tert-OH is 2. The number of hydrogen-bond acceptors (Lipinski definition) is 7. The fourth-order valence-electron chi connectivity index (χ4n) is 5.19. The summed E-state index contributed by atoms with van der Waals surface area (Å²) in [5.74, 6) is -0.0157. The van der Waals surface area contributed by atoms with E-state index in [-0.39, 0.29) is 38.4 Å². The van der Waals surface area contributed by atoms with Gasteiger partial charge in [0.25, 0.3) is 0 Å². The molecule has 2 amide bonds. The summed E-state index contributed by atoms with van der Waals surface area (Å²) in [6.07, 6.45) is 2.92. The maximum absolute atomic E-state index is 13.6. The lowest BCUT2D eigenvalue weighted by Gasteiger charge is -2.40. The van der Waals surface area contributed by atoms with E-state index in [0.29, 0.717) is 45.3 Å². The lowest BCUT2D eigenvalue weighted by molar-refractivity contribution is -0.138. The monoisotopic (exact) mass is 701 g/mol. The van der Waals surface area contributed by atoms with E-state index in [1.54, 1.807) is 23.1 Å². The lowest BCUT2D eigenvalue weighted by Crippen LogP contribution is -2.55. The number of H-pyrrole nitrogens is 1. The molecule has 3 unspecified atom stereocenters. The highest BCUT2D eigenvalue weighted by Crippen LogP contribution is 2.37. The number of nitrogens with zero attached hydrogens (tertiary/aromatic N) is 1. The van der Waals surface area contributed by atoms with Gasteiger partial charge in [0.1, 0.15) is 18.5 Å². The van der Waals surface area contributed by atoms with Crippen LogP contribution in [0.4, 0.5) is 0 Å². The molecule has 1 aliphatic rings. The number of carbonyl (C=O) groups excluding carboxylic acids is 3. The van der Waals surface area contributed by atoms with Gasteiger partial charge in [-0.15, -0.1) is 6.58 Å². The number of carbonyl (C=O) groups is 3. The summed E-state index contributed by atoms with van der Waals surface area (Å²) in [5, 5.41) is 24.7. The number of ether oxygens (including phenoxy) is 2. The summed E-state index contributed by atoms with van der Waals surface area (Å²) in [5.41, 5.74) is 2.64. The summed E-state index contributed by atoms with van der Waals surface area (Å²) >= 11 is 2.02. The Morgan fingerprint density at radius 3 is 2.74 bits per heavy atom. The summed E-state index contributed by atoms with van der Waals surface area (Å²) < 4.78 is 12.3. The first kappa shape index (κ1) is 32.2. The number of para-hydroxylation sites is 1. The number of aliphatic hydroxyl groups is 2. The SMILES string of the molecule is C=CCCC(=O)N(CCc1cc2ccccc2[nH]1)C1CC(C(=O)NCCO)=CC(Oc2c(I)cc(C=O)cc2OC)C1O. The number of allylic oxidation sites excluding steroid dienone is 1. The van der Waals surface area contributed by atoms with Gasteiger partial charge in [0.15, 0.2) is 11.5 Å². The van der Waals surface area contributed by atoms with Crippen molar-refractivity contribution >= 4 is 51.6 Å². The van der Waals surface area contributed by atoms with Gasteiger partial charge in [0.2, 0.25) is 11.8 Å². The van der Waals surface area contributed by atoms with Gasteiger partial charge < -0.3 is 34.9 Å². The molecule has 0 saturated carbocycles. The van der Waals surface area contributed by atoms with Gasteiger partial charge in [-0.3, -0.25) is 14.4 Å². The normalized spacial score (nSPS) is 18.0. The van der Waals surface area contributed by atoms with Crippen LogP contribution in [0.2, 0.25) is 0 Å². The molecule has 1 aromatic heterocycles. The van der Waals surface area contributed by atoms with Gasteiger partial charge in [0.05, 0.1) is 23.3 Å². The Balaban J connectivity index is 1.68. The Bertz CT molecular complexity index is 1470. The molecule has 43 heavy (non-hydrogen) atoms. The van der Waals surface area contributed by atoms with Crippen molar-refractivity contribution in [2.45, 2.75) is 43.9 Å². The van der Waals surface area contributed by atoms with Crippen LogP contribution in [-0.2, 0) is 16.0 Å². The van der Waals surface area contributed by atoms with Gasteiger partial charge in [-0.05, 0) is 64.7 Å². The molecular formula is C32H36IN3O7. The van der Waals surface area contributed by atoms with Crippen LogP contribution >= 0.6 is 22.6 Å². The van der Waals surface area contributed by atoms with Crippen LogP contribution in [0, 0.1) is 3.57 Å². The van der Waals surface area contributed by atoms with Crippen LogP contribution in [0.15, 0.2) is 66.8 Å². The number of aromatic nitrogens is 1. The smallest absolute Gasteiger partial charge is 0.247 e. The van der Waals surface area contributed by atoms with E-state index < -0.39 is 24.2 Å². The third-order valence-electron chi connectivity index (χ3n) is 7.35. The Hall–Kier alpha value is -3.68. The molecule has 3 atom stereocenters. The van der Waals surface area contributed by atoms with Crippen molar-refractivity contribution < 1.29 is 34.1 Å². The van der Waals surface area contributed by atoms with Crippen LogP contribution in [0.5, 0.6) is 11.5 Å². The molecule has 0 saturated heterocycles. The second-order valence-corrected chi connectivity index (χ2v) is 11.4. The molecule has 4 rings (SSSR count). The fourth-order valence-corrected chi connectivity index (χ4v) is 5.94. The van der Waals surface area contributed by atoms with Crippen molar-refractivity contribution in [2.75, 3.05) is 26.8 Å². The number of hydrogen-bond donors (Lipinski definition) is 4. The number of rotatable bonds is 14. The van der Waals surface area contributed by atoms with Crippen LogP contribution < -0.4 is 14.8 Å². The molecular weight excluding hydrogens is 665 g/mol. The summed E-state index contributed by atoms with van der Waals surface area (Å²) in [4.78, 5) is 43.1. The standard InChI is InChI=1S/C32H36IN3O7/c1-3-4-9-29(39)36(12-10-23-16-21-7-5-6-8-25(21)35-23)26-17-22(32(41)34-11-13-37)18-27(30(26)40)43-31-24(33)14-20(19-38)15-28(31)42-2/h3,5-8,14-16,18-19,26-27,30,35,37,40H,1,4,9-13,17H2,2H3,(H,34,41). The number of amides is 2. The molecule has 0 aliphatic heterocycles. The predicted octanol–water partition coefficient (Wildman–Crippen LogP) is 3.55. The number of aromatic amines is 1. The van der Waals surface area contributed by atoms with Crippen LogP contribution in [-0.4, -0.2) is 83.3 Å². The highest BCUT2D eigenvalue weighted by molar-refractivity contribution is 14.1. The van der Waals surface area contributed by atoms with Crippen molar-refractivity contribution in [3.05, 3.63) is 81.6 Å². The van der Waals surface area contributed by atoms with E-state index in [2.05, 4.69) is 16.9 Å². The third kappa shape index (κ3) is 7.84. The maximum atomic E-state index is 13.6. The third-order valence-corrected chi connectivity index (χ3v) is 8.15. The first-order valence-corrected chi connectivity index (χ1v) is 15.1. The first-order valence-electron chi connectivity index (χ1n) is 14.0. The van der Waals surface area contributed by atoms with Crippen molar-refractivity contribution in [3.63, 3.8) is 0 Å². The Morgan fingerprint density at radius 1 is 1.26 bits per heavy atom. The largest absolute Gasteiger partial charge is 0.493 e. The number of benzene rings is 2. The first-order chi connectivity index (χ1) is 20.8. The molecule has 2 aromatic carbocycles. The molecule has 10 nitrogen and oxygen atoms in total. The van der Waals surface area contributed by atoms with Crippen molar-refractivity contribution in [3.8, 4) is 11.5 Å². The van der Waals surface area contributed by atoms with Gasteiger partial charge in [-0.2, -0.15) is 0 Å². The Labute approximate surface area is 263 Å². The molecule has 11 heteroatoms. The van der Waals surface area contributed by atoms with Crippen LogP contribution in [0.3, 0.4) is 0 Å². The molecule has 0 radical (unpaired) electrons. The number of nitrogens with one attached hydrogen (secondary N) is 2. The molecule has 4 N–H and O–H groups in total. The van der Waals surface area contributed by atoms with E-state index in [1.807, 2.05) is 52.9 Å². The van der Waals surface area contributed by atoms with Gasteiger partial charge >= 0.3 is 0 Å². The second-order valence-electron chi connectivity index (χ2n) is 10.2. The Kier molecular flexibility index (Phi) is 11.4. The van der Waals surface area contributed by atoms with E-state index in [4.69, 9.17) is 9.47 Å². The molecule has 1 heterocycles. The highest BCUT2D eigenvalue weighted by Gasteiger charge is 2.40. The van der Waals surface area contributed by atoms with Crippen LogP contribution in [0.1, 0.15) is 35.3 Å². The van der Waals surface area contributed by atoms with Crippen molar-refractivity contribution in [1.82, 2.24) is 15.2 Å². The van der Waals surface area contributed by atoms with Gasteiger partial charge in [-0.25, -0.2) is 0 Å². The van der Waals surface area contributed by atoms with E-state index in [0.717, 1.165) is 16.6 Å². The molecule has 1 aliphatic carbocycles. The number of halogens is 1. The average Bonchev–Trinajstić information content (AvgIpc) is 3.44. The topological polar surface area (TPSA) is 141 Å².